The van der Waals surface area contributed by atoms with Crippen LogP contribution in [0.25, 0.3) is 0 Å². The average molecular weight is 297 g/mol. The highest BCUT2D eigenvalue weighted by Crippen LogP contribution is 2.41. The molecule has 3 rings (SSSR count). The van der Waals surface area contributed by atoms with Gasteiger partial charge in [-0.15, -0.1) is 0 Å². The van der Waals surface area contributed by atoms with Gasteiger partial charge in [0.15, 0.2) is 0 Å². The normalized spacial score (nSPS) is 14.2. The van der Waals surface area contributed by atoms with Crippen LogP contribution >= 0.6 is 0 Å². The van der Waals surface area contributed by atoms with Crippen molar-refractivity contribution in [1.82, 2.24) is 4.57 Å². The van der Waals surface area contributed by atoms with E-state index in [4.69, 9.17) is 5.73 Å². The van der Waals surface area contributed by atoms with Crippen molar-refractivity contribution in [2.75, 3.05) is 5.32 Å². The standard InChI is InChI=1S/C18H23N3O/c1-11-6-13(10-19)8-15(7-11)20-18(22)16-9-17(14-4-5-14)21(3)12(16)2/h6-9,14H,4-5,10,19H2,1-3H3,(H,20,22). The molecule has 3 N–H and O–H groups in total. The topological polar surface area (TPSA) is 60.0 Å². The smallest absolute Gasteiger partial charge is 0.257 e. The molecule has 1 heterocycles. The minimum absolute atomic E-state index is 0.0476. The molecule has 0 spiro atoms. The van der Waals surface area contributed by atoms with Crippen LogP contribution in [0.5, 0.6) is 0 Å². The number of amides is 1. The van der Waals surface area contributed by atoms with Gasteiger partial charge in [0.25, 0.3) is 5.91 Å². The van der Waals surface area contributed by atoms with Gasteiger partial charge in [-0.25, -0.2) is 0 Å². The molecule has 116 valence electrons. The first-order valence-electron chi connectivity index (χ1n) is 7.77. The monoisotopic (exact) mass is 297 g/mol. The molecule has 4 nitrogen and oxygen atoms in total. The average Bonchev–Trinajstić information content (AvgIpc) is 3.26. The number of rotatable bonds is 4. The lowest BCUT2D eigenvalue weighted by Crippen LogP contribution is -2.13. The van der Waals surface area contributed by atoms with Gasteiger partial charge >= 0.3 is 0 Å². The summed E-state index contributed by atoms with van der Waals surface area (Å²) in [4.78, 5) is 12.6. The Balaban J connectivity index is 1.85. The van der Waals surface area contributed by atoms with E-state index in [1.54, 1.807) is 0 Å². The Bertz CT molecular complexity index is 726. The fraction of sp³-hybridized carbons (Fsp3) is 0.389. The quantitative estimate of drug-likeness (QED) is 0.910. The number of hydrogen-bond acceptors (Lipinski definition) is 2. The minimum Gasteiger partial charge on any atom is -0.351 e. The Morgan fingerprint density at radius 1 is 1.27 bits per heavy atom. The highest BCUT2D eigenvalue weighted by atomic mass is 16.1. The summed E-state index contributed by atoms with van der Waals surface area (Å²) in [6, 6.07) is 7.98. The molecule has 1 amide bonds. The van der Waals surface area contributed by atoms with Gasteiger partial charge in [0.1, 0.15) is 0 Å². The van der Waals surface area contributed by atoms with Crippen molar-refractivity contribution in [1.29, 1.82) is 0 Å². The number of anilines is 1. The number of aromatic nitrogens is 1. The van der Waals surface area contributed by atoms with E-state index in [2.05, 4.69) is 9.88 Å². The van der Waals surface area contributed by atoms with Gasteiger partial charge in [0, 0.05) is 30.7 Å². The third-order valence-corrected chi connectivity index (χ3v) is 4.44. The van der Waals surface area contributed by atoms with Crippen molar-refractivity contribution in [3.63, 3.8) is 0 Å². The molecule has 0 saturated heterocycles. The molecular weight excluding hydrogens is 274 g/mol. The maximum Gasteiger partial charge on any atom is 0.257 e. The fourth-order valence-corrected chi connectivity index (χ4v) is 2.98. The van der Waals surface area contributed by atoms with Crippen molar-refractivity contribution < 1.29 is 4.79 Å². The van der Waals surface area contributed by atoms with Crippen LogP contribution in [0, 0.1) is 13.8 Å². The Kier molecular flexibility index (Phi) is 3.79. The van der Waals surface area contributed by atoms with Crippen LogP contribution < -0.4 is 11.1 Å². The first-order valence-corrected chi connectivity index (χ1v) is 7.77. The zero-order valence-corrected chi connectivity index (χ0v) is 13.4. The number of nitrogens with zero attached hydrogens (tertiary/aromatic N) is 1. The summed E-state index contributed by atoms with van der Waals surface area (Å²) in [5.41, 5.74) is 11.7. The summed E-state index contributed by atoms with van der Waals surface area (Å²) in [5.74, 6) is 0.585. The van der Waals surface area contributed by atoms with Gasteiger partial charge in [0.2, 0.25) is 0 Å². The van der Waals surface area contributed by atoms with Gasteiger partial charge < -0.3 is 15.6 Å². The maximum atomic E-state index is 12.6. The number of aryl methyl sites for hydroxylation is 1. The highest BCUT2D eigenvalue weighted by Gasteiger charge is 2.28. The number of carbonyl (C=O) groups excluding carboxylic acids is 1. The van der Waals surface area contributed by atoms with Gasteiger partial charge in [-0.05, 0) is 61.9 Å². The molecule has 0 bridgehead atoms. The Morgan fingerprint density at radius 2 is 2.00 bits per heavy atom. The molecule has 1 aromatic heterocycles. The van der Waals surface area contributed by atoms with Crippen molar-refractivity contribution in [2.24, 2.45) is 12.8 Å². The predicted molar refractivity (Wildman–Crippen MR) is 89.1 cm³/mol. The summed E-state index contributed by atoms with van der Waals surface area (Å²) in [6.45, 7) is 4.48. The molecule has 0 aliphatic heterocycles. The fourth-order valence-electron chi connectivity index (χ4n) is 2.98. The summed E-state index contributed by atoms with van der Waals surface area (Å²) in [6.07, 6.45) is 2.46. The van der Waals surface area contributed by atoms with E-state index in [-0.39, 0.29) is 5.91 Å². The first kappa shape index (κ1) is 14.9. The summed E-state index contributed by atoms with van der Waals surface area (Å²) in [5, 5.41) is 3.01. The molecule has 1 aliphatic carbocycles. The molecule has 0 unspecified atom stereocenters. The van der Waals surface area contributed by atoms with Crippen LogP contribution in [0.3, 0.4) is 0 Å². The van der Waals surface area contributed by atoms with E-state index >= 15 is 0 Å². The molecule has 2 aromatic rings. The predicted octanol–water partition coefficient (Wildman–Crippen LogP) is 3.23. The van der Waals surface area contributed by atoms with Crippen molar-refractivity contribution >= 4 is 11.6 Å². The third kappa shape index (κ3) is 2.79. The molecule has 22 heavy (non-hydrogen) atoms. The van der Waals surface area contributed by atoms with Crippen LogP contribution in [0.4, 0.5) is 5.69 Å². The summed E-state index contributed by atoms with van der Waals surface area (Å²) >= 11 is 0. The number of carbonyl (C=O) groups is 1. The first-order chi connectivity index (χ1) is 10.5. The zero-order valence-electron chi connectivity index (χ0n) is 13.4. The number of nitrogens with two attached hydrogens (primary N) is 1. The van der Waals surface area contributed by atoms with Crippen LogP contribution in [-0.2, 0) is 13.6 Å². The molecule has 4 heteroatoms. The summed E-state index contributed by atoms with van der Waals surface area (Å²) in [7, 11) is 2.04. The Labute approximate surface area is 131 Å². The second-order valence-corrected chi connectivity index (χ2v) is 6.27. The van der Waals surface area contributed by atoms with Crippen molar-refractivity contribution in [3.8, 4) is 0 Å². The van der Waals surface area contributed by atoms with Gasteiger partial charge in [-0.1, -0.05) is 6.07 Å². The lowest BCUT2D eigenvalue weighted by molar-refractivity contribution is 0.102. The maximum absolute atomic E-state index is 12.6. The van der Waals surface area contributed by atoms with E-state index in [1.165, 1.54) is 18.5 Å². The number of hydrogen-bond donors (Lipinski definition) is 2. The molecule has 1 aliphatic rings. The van der Waals surface area contributed by atoms with Crippen LogP contribution in [0.15, 0.2) is 24.3 Å². The SMILES string of the molecule is Cc1cc(CN)cc(NC(=O)c2cc(C3CC3)n(C)c2C)c1. The van der Waals surface area contributed by atoms with E-state index in [0.29, 0.717) is 12.5 Å². The van der Waals surface area contributed by atoms with Crippen LogP contribution in [0.2, 0.25) is 0 Å². The lowest BCUT2D eigenvalue weighted by atomic mass is 10.1. The lowest BCUT2D eigenvalue weighted by Gasteiger charge is -2.08. The van der Waals surface area contributed by atoms with Gasteiger partial charge in [-0.3, -0.25) is 4.79 Å². The van der Waals surface area contributed by atoms with E-state index < -0.39 is 0 Å². The second-order valence-electron chi connectivity index (χ2n) is 6.27. The number of nitrogens with one attached hydrogen (secondary N) is 1. The molecule has 0 atom stereocenters. The third-order valence-electron chi connectivity index (χ3n) is 4.44. The largest absolute Gasteiger partial charge is 0.351 e. The van der Waals surface area contributed by atoms with Gasteiger partial charge in [-0.2, -0.15) is 0 Å². The Hall–Kier alpha value is -2.07. The Morgan fingerprint density at radius 3 is 2.64 bits per heavy atom. The molecule has 1 saturated carbocycles. The van der Waals surface area contributed by atoms with Crippen LogP contribution in [0.1, 0.15) is 51.6 Å². The van der Waals surface area contributed by atoms with Gasteiger partial charge in [0.05, 0.1) is 5.56 Å². The van der Waals surface area contributed by atoms with Crippen LogP contribution in [-0.4, -0.2) is 10.5 Å². The number of benzene rings is 1. The summed E-state index contributed by atoms with van der Waals surface area (Å²) < 4.78 is 2.15. The molecular formula is C18H23N3O. The minimum atomic E-state index is -0.0476. The molecule has 1 fully saturated rings. The van der Waals surface area contributed by atoms with Crippen molar-refractivity contribution in [3.05, 3.63) is 52.3 Å². The van der Waals surface area contributed by atoms with E-state index in [1.807, 2.05) is 45.2 Å². The highest BCUT2D eigenvalue weighted by molar-refractivity contribution is 6.05. The second kappa shape index (κ2) is 5.61. The van der Waals surface area contributed by atoms with E-state index in [0.717, 1.165) is 28.1 Å². The van der Waals surface area contributed by atoms with Crippen molar-refractivity contribution in [2.45, 2.75) is 39.2 Å². The molecule has 1 aromatic carbocycles. The van der Waals surface area contributed by atoms with E-state index in [9.17, 15) is 4.79 Å². The zero-order chi connectivity index (χ0) is 15.9. The molecule has 0 radical (unpaired) electrons.